The van der Waals surface area contributed by atoms with Crippen molar-refractivity contribution in [3.63, 3.8) is 0 Å². The van der Waals surface area contributed by atoms with Gasteiger partial charge in [0.05, 0.1) is 10.9 Å². The zero-order chi connectivity index (χ0) is 13.8. The molecule has 0 aliphatic carbocycles. The molecule has 0 aliphatic rings. The standard InChI is InChI=1S/C14H10BrClFNO/c15-12-5-4-11(8-13(12)17)18-14(19)7-9-2-1-3-10(16)6-9/h1-6,8H,7H2,(H,18,19). The Morgan fingerprint density at radius 2 is 2.05 bits per heavy atom. The lowest BCUT2D eigenvalue weighted by Gasteiger charge is -2.06. The summed E-state index contributed by atoms with van der Waals surface area (Å²) in [5.74, 6) is -0.635. The molecule has 0 atom stereocenters. The molecule has 0 spiro atoms. The maximum absolute atomic E-state index is 13.3. The minimum absolute atomic E-state index is 0.193. The molecule has 1 amide bonds. The Bertz CT molecular complexity index is 618. The highest BCUT2D eigenvalue weighted by atomic mass is 79.9. The first-order valence-electron chi connectivity index (χ1n) is 5.54. The molecule has 98 valence electrons. The van der Waals surface area contributed by atoms with Crippen molar-refractivity contribution in [2.45, 2.75) is 6.42 Å². The highest BCUT2D eigenvalue weighted by Crippen LogP contribution is 2.19. The molecule has 5 heteroatoms. The fraction of sp³-hybridized carbons (Fsp3) is 0.0714. The van der Waals surface area contributed by atoms with E-state index in [4.69, 9.17) is 11.6 Å². The smallest absolute Gasteiger partial charge is 0.228 e. The van der Waals surface area contributed by atoms with Crippen LogP contribution in [-0.2, 0) is 11.2 Å². The number of amides is 1. The van der Waals surface area contributed by atoms with Crippen LogP contribution in [0.1, 0.15) is 5.56 Å². The third kappa shape index (κ3) is 4.04. The van der Waals surface area contributed by atoms with Gasteiger partial charge >= 0.3 is 0 Å². The van der Waals surface area contributed by atoms with Crippen molar-refractivity contribution in [2.24, 2.45) is 0 Å². The van der Waals surface area contributed by atoms with Crippen molar-refractivity contribution in [1.82, 2.24) is 0 Å². The quantitative estimate of drug-likeness (QED) is 0.879. The van der Waals surface area contributed by atoms with Gasteiger partial charge in [-0.2, -0.15) is 0 Å². The van der Waals surface area contributed by atoms with Crippen LogP contribution in [0.4, 0.5) is 10.1 Å². The molecule has 0 radical (unpaired) electrons. The van der Waals surface area contributed by atoms with Crippen molar-refractivity contribution < 1.29 is 9.18 Å². The minimum atomic E-state index is -0.416. The van der Waals surface area contributed by atoms with Gasteiger partial charge in [0.1, 0.15) is 5.82 Å². The number of benzene rings is 2. The van der Waals surface area contributed by atoms with Crippen molar-refractivity contribution >= 4 is 39.1 Å². The highest BCUT2D eigenvalue weighted by molar-refractivity contribution is 9.10. The van der Waals surface area contributed by atoms with Gasteiger partial charge in [-0.3, -0.25) is 4.79 Å². The van der Waals surface area contributed by atoms with Gasteiger partial charge in [-0.05, 0) is 51.8 Å². The molecule has 0 saturated carbocycles. The predicted molar refractivity (Wildman–Crippen MR) is 77.9 cm³/mol. The molecule has 0 fully saturated rings. The van der Waals surface area contributed by atoms with Gasteiger partial charge in [-0.1, -0.05) is 23.7 Å². The van der Waals surface area contributed by atoms with Crippen molar-refractivity contribution in [3.05, 3.63) is 63.3 Å². The Kier molecular flexibility index (Phi) is 4.56. The fourth-order valence-electron chi connectivity index (χ4n) is 1.61. The molecule has 0 aromatic heterocycles. The summed E-state index contributed by atoms with van der Waals surface area (Å²) in [5.41, 5.74) is 1.23. The monoisotopic (exact) mass is 341 g/mol. The SMILES string of the molecule is O=C(Cc1cccc(Cl)c1)Nc1ccc(Br)c(F)c1. The summed E-state index contributed by atoms with van der Waals surface area (Å²) in [6.07, 6.45) is 0.193. The average molecular weight is 343 g/mol. The Hall–Kier alpha value is -1.39. The number of hydrogen-bond donors (Lipinski definition) is 1. The minimum Gasteiger partial charge on any atom is -0.326 e. The maximum atomic E-state index is 13.3. The normalized spacial score (nSPS) is 10.3. The molecule has 0 heterocycles. The van der Waals surface area contributed by atoms with Crippen LogP contribution in [0.2, 0.25) is 5.02 Å². The molecular weight excluding hydrogens is 333 g/mol. The van der Waals surface area contributed by atoms with Gasteiger partial charge < -0.3 is 5.32 Å². The molecule has 0 bridgehead atoms. The van der Waals surface area contributed by atoms with E-state index in [-0.39, 0.29) is 12.3 Å². The van der Waals surface area contributed by atoms with E-state index in [1.54, 1.807) is 30.3 Å². The Morgan fingerprint density at radius 3 is 2.74 bits per heavy atom. The number of anilines is 1. The van der Waals surface area contributed by atoms with Crippen LogP contribution in [0.5, 0.6) is 0 Å². The molecule has 2 rings (SSSR count). The molecule has 19 heavy (non-hydrogen) atoms. The number of carbonyl (C=O) groups is 1. The van der Waals surface area contributed by atoms with Crippen molar-refractivity contribution in [2.75, 3.05) is 5.32 Å². The van der Waals surface area contributed by atoms with Gasteiger partial charge in [-0.15, -0.1) is 0 Å². The molecule has 2 nitrogen and oxygen atoms in total. The molecule has 2 aromatic carbocycles. The van der Waals surface area contributed by atoms with Gasteiger partial charge in [0.2, 0.25) is 5.91 Å². The molecule has 0 saturated heterocycles. The maximum Gasteiger partial charge on any atom is 0.228 e. The first-order valence-corrected chi connectivity index (χ1v) is 6.71. The lowest BCUT2D eigenvalue weighted by Crippen LogP contribution is -2.14. The number of nitrogens with one attached hydrogen (secondary N) is 1. The molecule has 0 unspecified atom stereocenters. The number of rotatable bonds is 3. The second-order valence-electron chi connectivity index (χ2n) is 3.98. The fourth-order valence-corrected chi connectivity index (χ4v) is 2.07. The average Bonchev–Trinajstić information content (AvgIpc) is 2.34. The van der Waals surface area contributed by atoms with E-state index in [1.807, 2.05) is 6.07 Å². The summed E-state index contributed by atoms with van der Waals surface area (Å²) in [6, 6.07) is 11.5. The van der Waals surface area contributed by atoms with Crippen LogP contribution in [0.25, 0.3) is 0 Å². The summed E-state index contributed by atoms with van der Waals surface area (Å²) in [5, 5.41) is 3.22. The van der Waals surface area contributed by atoms with E-state index in [0.29, 0.717) is 15.2 Å². The lowest BCUT2D eigenvalue weighted by atomic mass is 10.1. The number of carbonyl (C=O) groups excluding carboxylic acids is 1. The third-order valence-corrected chi connectivity index (χ3v) is 3.34. The zero-order valence-corrected chi connectivity index (χ0v) is 12.1. The topological polar surface area (TPSA) is 29.1 Å². The summed E-state index contributed by atoms with van der Waals surface area (Å²) >= 11 is 8.90. The largest absolute Gasteiger partial charge is 0.326 e. The van der Waals surface area contributed by atoms with Gasteiger partial charge in [0.15, 0.2) is 0 Å². The Balaban J connectivity index is 2.03. The Labute approximate surface area is 123 Å². The molecule has 0 aliphatic heterocycles. The van der Waals surface area contributed by atoms with Crippen LogP contribution in [0.15, 0.2) is 46.9 Å². The highest BCUT2D eigenvalue weighted by Gasteiger charge is 2.06. The van der Waals surface area contributed by atoms with E-state index in [1.165, 1.54) is 6.07 Å². The van der Waals surface area contributed by atoms with Gasteiger partial charge in [0, 0.05) is 10.7 Å². The summed E-state index contributed by atoms with van der Waals surface area (Å²) in [7, 11) is 0. The second-order valence-corrected chi connectivity index (χ2v) is 5.27. The first kappa shape index (κ1) is 14.0. The van der Waals surface area contributed by atoms with Crippen LogP contribution in [-0.4, -0.2) is 5.91 Å². The summed E-state index contributed by atoms with van der Waals surface area (Å²) in [4.78, 5) is 11.8. The second kappa shape index (κ2) is 6.17. The molecule has 1 N–H and O–H groups in total. The summed E-state index contributed by atoms with van der Waals surface area (Å²) in [6.45, 7) is 0. The Morgan fingerprint density at radius 1 is 1.26 bits per heavy atom. The first-order chi connectivity index (χ1) is 9.04. The summed E-state index contributed by atoms with van der Waals surface area (Å²) < 4.78 is 13.7. The zero-order valence-electron chi connectivity index (χ0n) is 9.79. The van der Waals surface area contributed by atoms with Crippen LogP contribution < -0.4 is 5.32 Å². The van der Waals surface area contributed by atoms with Crippen molar-refractivity contribution in [1.29, 1.82) is 0 Å². The number of halogens is 3. The van der Waals surface area contributed by atoms with Crippen LogP contribution >= 0.6 is 27.5 Å². The van der Waals surface area contributed by atoms with Crippen LogP contribution in [0.3, 0.4) is 0 Å². The molecule has 2 aromatic rings. The van der Waals surface area contributed by atoms with E-state index in [0.717, 1.165) is 5.56 Å². The lowest BCUT2D eigenvalue weighted by molar-refractivity contribution is -0.115. The third-order valence-electron chi connectivity index (χ3n) is 2.46. The van der Waals surface area contributed by atoms with Gasteiger partial charge in [0.25, 0.3) is 0 Å². The van der Waals surface area contributed by atoms with Gasteiger partial charge in [-0.25, -0.2) is 4.39 Å². The van der Waals surface area contributed by atoms with Crippen LogP contribution in [0, 0.1) is 5.82 Å². The van der Waals surface area contributed by atoms with E-state index in [9.17, 15) is 9.18 Å². The number of hydrogen-bond acceptors (Lipinski definition) is 1. The predicted octanol–water partition coefficient (Wildman–Crippen LogP) is 4.42. The van der Waals surface area contributed by atoms with E-state index >= 15 is 0 Å². The molecular formula is C14H10BrClFNO. The van der Waals surface area contributed by atoms with Crippen molar-refractivity contribution in [3.8, 4) is 0 Å². The van der Waals surface area contributed by atoms with E-state index in [2.05, 4.69) is 21.2 Å². The van der Waals surface area contributed by atoms with E-state index < -0.39 is 5.82 Å².